The Hall–Kier alpha value is -0.890. The van der Waals surface area contributed by atoms with Crippen LogP contribution < -0.4 is 10.6 Å². The summed E-state index contributed by atoms with van der Waals surface area (Å²) in [4.78, 5) is 21.8. The Morgan fingerprint density at radius 3 is 2.44 bits per heavy atom. The van der Waals surface area contributed by atoms with Gasteiger partial charge in [0.15, 0.2) is 0 Å². The lowest BCUT2D eigenvalue weighted by atomic mass is 9.86. The first-order valence-electron chi connectivity index (χ1n) is 5.61. The van der Waals surface area contributed by atoms with E-state index in [2.05, 4.69) is 23.3 Å². The van der Waals surface area contributed by atoms with Gasteiger partial charge in [-0.3, -0.25) is 4.79 Å². The lowest BCUT2D eigenvalue weighted by Crippen LogP contribution is -2.57. The fourth-order valence-electron chi connectivity index (χ4n) is 2.03. The summed E-state index contributed by atoms with van der Waals surface area (Å²) in [7, 11) is 0. The zero-order chi connectivity index (χ0) is 13.8. The minimum atomic E-state index is -3.97. The van der Waals surface area contributed by atoms with Crippen LogP contribution in [0.4, 0.5) is 8.78 Å². The molecular formula is C10H16F2N2O3S. The van der Waals surface area contributed by atoms with Crippen molar-refractivity contribution in [3.05, 3.63) is 0 Å². The number of carbonyl (C=O) groups is 2. The number of thiol groups is 1. The van der Waals surface area contributed by atoms with Crippen LogP contribution in [0.2, 0.25) is 0 Å². The average molecular weight is 282 g/mol. The molecule has 0 spiro atoms. The van der Waals surface area contributed by atoms with Gasteiger partial charge in [-0.1, -0.05) is 0 Å². The molecule has 0 radical (unpaired) electrons. The van der Waals surface area contributed by atoms with Crippen LogP contribution >= 0.6 is 12.6 Å². The fourth-order valence-corrected chi connectivity index (χ4v) is 2.13. The molecular weight excluding hydrogens is 266 g/mol. The van der Waals surface area contributed by atoms with Crippen molar-refractivity contribution in [2.24, 2.45) is 5.92 Å². The number of hydrogen-bond acceptors (Lipinski definition) is 4. The molecule has 1 unspecified atom stereocenters. The van der Waals surface area contributed by atoms with Crippen LogP contribution in [0.15, 0.2) is 0 Å². The van der Waals surface area contributed by atoms with Crippen molar-refractivity contribution in [3.8, 4) is 0 Å². The van der Waals surface area contributed by atoms with Crippen LogP contribution in [-0.2, 0) is 9.59 Å². The number of hydrogen-bond donors (Lipinski definition) is 4. The van der Waals surface area contributed by atoms with Gasteiger partial charge in [-0.05, 0) is 31.8 Å². The highest BCUT2D eigenvalue weighted by Crippen LogP contribution is 2.29. The summed E-state index contributed by atoms with van der Waals surface area (Å²) >= 11 is 3.68. The number of aliphatic carboxylic acids is 1. The summed E-state index contributed by atoms with van der Waals surface area (Å²) in [5, 5.41) is 13.7. The van der Waals surface area contributed by atoms with Crippen LogP contribution in [0.1, 0.15) is 12.8 Å². The lowest BCUT2D eigenvalue weighted by Gasteiger charge is -2.34. The van der Waals surface area contributed by atoms with Crippen molar-refractivity contribution in [1.82, 2.24) is 10.6 Å². The molecule has 3 N–H and O–H groups in total. The van der Waals surface area contributed by atoms with Crippen LogP contribution in [0.3, 0.4) is 0 Å². The molecule has 1 amide bonds. The standard InChI is InChI=1S/C10H16F2N2O3S/c11-10(12,9(16)17)8(14-7(15)5-18)6-1-3-13-4-2-6/h6,8,13,18H,1-5H2,(H,14,15)(H,16,17). The van der Waals surface area contributed by atoms with Crippen molar-refractivity contribution >= 4 is 24.5 Å². The number of carbonyl (C=O) groups excluding carboxylic acids is 1. The molecule has 1 heterocycles. The summed E-state index contributed by atoms with van der Waals surface area (Å²) < 4.78 is 27.3. The third-order valence-corrected chi connectivity index (χ3v) is 3.28. The third kappa shape index (κ3) is 3.55. The van der Waals surface area contributed by atoms with Crippen LogP contribution in [0.25, 0.3) is 0 Å². The van der Waals surface area contributed by atoms with E-state index in [1.54, 1.807) is 0 Å². The second-order valence-electron chi connectivity index (χ2n) is 4.22. The zero-order valence-corrected chi connectivity index (χ0v) is 10.6. The van der Waals surface area contributed by atoms with Crippen LogP contribution in [-0.4, -0.2) is 47.8 Å². The fraction of sp³-hybridized carbons (Fsp3) is 0.800. The number of carboxylic acid groups (broad SMARTS) is 1. The SMILES string of the molecule is O=C(CS)NC(C1CCNCC1)C(F)(F)C(=O)O. The van der Waals surface area contributed by atoms with E-state index in [1.165, 1.54) is 0 Å². The number of nitrogens with one attached hydrogen (secondary N) is 2. The molecule has 0 aromatic rings. The van der Waals surface area contributed by atoms with Crippen molar-refractivity contribution in [2.75, 3.05) is 18.8 Å². The summed E-state index contributed by atoms with van der Waals surface area (Å²) in [6.45, 7) is 1.07. The van der Waals surface area contributed by atoms with Gasteiger partial charge >= 0.3 is 11.9 Å². The number of rotatable bonds is 5. The van der Waals surface area contributed by atoms with Gasteiger partial charge in [0.25, 0.3) is 0 Å². The Labute approximate surface area is 109 Å². The lowest BCUT2D eigenvalue weighted by molar-refractivity contribution is -0.173. The van der Waals surface area contributed by atoms with Gasteiger partial charge in [-0.25, -0.2) is 4.79 Å². The van der Waals surface area contributed by atoms with E-state index in [0.717, 1.165) is 0 Å². The number of halogens is 2. The van der Waals surface area contributed by atoms with Crippen LogP contribution in [0, 0.1) is 5.92 Å². The predicted octanol–water partition coefficient (Wildman–Crippen LogP) is 0.120. The quantitative estimate of drug-likeness (QED) is 0.540. The second kappa shape index (κ2) is 6.33. The van der Waals surface area contributed by atoms with E-state index in [9.17, 15) is 18.4 Å². The third-order valence-electron chi connectivity index (χ3n) is 2.99. The molecule has 18 heavy (non-hydrogen) atoms. The molecule has 8 heteroatoms. The summed E-state index contributed by atoms with van der Waals surface area (Å²) in [6, 6.07) is -1.68. The molecule has 0 aromatic carbocycles. The minimum absolute atomic E-state index is 0.253. The normalized spacial score (nSPS) is 19.3. The maximum Gasteiger partial charge on any atom is 0.376 e. The molecule has 1 atom stereocenters. The number of alkyl halides is 2. The van der Waals surface area contributed by atoms with Gasteiger partial charge < -0.3 is 15.7 Å². The number of carboxylic acids is 1. The van der Waals surface area contributed by atoms with Crippen molar-refractivity contribution in [3.63, 3.8) is 0 Å². The van der Waals surface area contributed by atoms with Gasteiger partial charge in [0, 0.05) is 0 Å². The predicted molar refractivity (Wildman–Crippen MR) is 64.0 cm³/mol. The molecule has 1 aliphatic heterocycles. The highest BCUT2D eigenvalue weighted by atomic mass is 32.1. The monoisotopic (exact) mass is 282 g/mol. The Balaban J connectivity index is 2.86. The topological polar surface area (TPSA) is 78.4 Å². The zero-order valence-electron chi connectivity index (χ0n) is 9.66. The van der Waals surface area contributed by atoms with E-state index in [0.29, 0.717) is 25.9 Å². The van der Waals surface area contributed by atoms with Gasteiger partial charge in [0.1, 0.15) is 6.04 Å². The smallest absolute Gasteiger partial charge is 0.376 e. The van der Waals surface area contributed by atoms with Crippen LogP contribution in [0.5, 0.6) is 0 Å². The van der Waals surface area contributed by atoms with E-state index >= 15 is 0 Å². The van der Waals surface area contributed by atoms with E-state index in [4.69, 9.17) is 5.11 Å². The molecule has 1 saturated heterocycles. The Bertz CT molecular complexity index is 322. The molecule has 0 aliphatic carbocycles. The summed E-state index contributed by atoms with van der Waals surface area (Å²) in [6.07, 6.45) is 0.806. The maximum absolute atomic E-state index is 13.6. The molecule has 5 nitrogen and oxygen atoms in total. The Morgan fingerprint density at radius 2 is 2.00 bits per heavy atom. The molecule has 0 bridgehead atoms. The van der Waals surface area contributed by atoms with E-state index in [-0.39, 0.29) is 5.75 Å². The van der Waals surface area contributed by atoms with Crippen molar-refractivity contribution < 1.29 is 23.5 Å². The highest BCUT2D eigenvalue weighted by molar-refractivity contribution is 7.81. The first kappa shape index (κ1) is 15.2. The van der Waals surface area contributed by atoms with Crippen molar-refractivity contribution in [1.29, 1.82) is 0 Å². The second-order valence-corrected chi connectivity index (χ2v) is 4.54. The summed E-state index contributed by atoms with van der Waals surface area (Å²) in [5.74, 6) is -7.69. The number of amides is 1. The summed E-state index contributed by atoms with van der Waals surface area (Å²) in [5.41, 5.74) is 0. The molecule has 1 rings (SSSR count). The minimum Gasteiger partial charge on any atom is -0.477 e. The largest absolute Gasteiger partial charge is 0.477 e. The average Bonchev–Trinajstić information content (AvgIpc) is 2.36. The van der Waals surface area contributed by atoms with E-state index in [1.807, 2.05) is 0 Å². The van der Waals surface area contributed by atoms with Gasteiger partial charge in [-0.15, -0.1) is 0 Å². The molecule has 0 saturated carbocycles. The Morgan fingerprint density at radius 1 is 1.44 bits per heavy atom. The van der Waals surface area contributed by atoms with Crippen molar-refractivity contribution in [2.45, 2.75) is 24.8 Å². The van der Waals surface area contributed by atoms with Gasteiger partial charge in [0.2, 0.25) is 5.91 Å². The number of piperidine rings is 1. The maximum atomic E-state index is 13.6. The van der Waals surface area contributed by atoms with Gasteiger partial charge in [-0.2, -0.15) is 21.4 Å². The highest BCUT2D eigenvalue weighted by Gasteiger charge is 2.51. The van der Waals surface area contributed by atoms with E-state index < -0.39 is 29.8 Å². The molecule has 1 aliphatic rings. The Kier molecular flexibility index (Phi) is 5.33. The molecule has 0 aromatic heterocycles. The van der Waals surface area contributed by atoms with Gasteiger partial charge in [0.05, 0.1) is 5.75 Å². The molecule has 1 fully saturated rings. The molecule has 104 valence electrons. The first-order chi connectivity index (χ1) is 8.39. The first-order valence-corrected chi connectivity index (χ1v) is 6.25.